The molecular formula is C50H81N3O16P2. The lowest BCUT2D eigenvalue weighted by atomic mass is 10.1. The van der Waals surface area contributed by atoms with Crippen LogP contribution in [0.4, 0.5) is 5.82 Å². The van der Waals surface area contributed by atoms with Gasteiger partial charge >= 0.3 is 33.3 Å². The Morgan fingerprint density at radius 2 is 1.28 bits per heavy atom. The van der Waals surface area contributed by atoms with Crippen LogP contribution < -0.4 is 11.4 Å². The molecule has 2 heterocycles. The third-order valence-corrected chi connectivity index (χ3v) is 13.7. The molecule has 0 saturated carbocycles. The zero-order valence-electron chi connectivity index (χ0n) is 41.8. The summed E-state index contributed by atoms with van der Waals surface area (Å²) in [6.07, 6.45) is 32.9. The van der Waals surface area contributed by atoms with E-state index in [-0.39, 0.29) is 24.4 Å². The number of unbranched alkanes of at least 4 members (excludes halogenated alkanes) is 14. The van der Waals surface area contributed by atoms with E-state index in [2.05, 4.69) is 47.4 Å². The molecule has 1 aromatic rings. The molecule has 0 radical (unpaired) electrons. The minimum atomic E-state index is -5.45. The van der Waals surface area contributed by atoms with Gasteiger partial charge in [0.1, 0.15) is 30.7 Å². The van der Waals surface area contributed by atoms with Crippen LogP contribution in [0.1, 0.15) is 168 Å². The van der Waals surface area contributed by atoms with Crippen molar-refractivity contribution in [1.29, 1.82) is 0 Å². The van der Waals surface area contributed by atoms with Gasteiger partial charge in [-0.25, -0.2) is 13.9 Å². The van der Waals surface area contributed by atoms with E-state index in [0.717, 1.165) is 81.4 Å². The van der Waals surface area contributed by atoms with Gasteiger partial charge in [0.15, 0.2) is 18.1 Å². The van der Waals surface area contributed by atoms with Crippen LogP contribution >= 0.6 is 15.6 Å². The summed E-state index contributed by atoms with van der Waals surface area (Å²) in [6, 6.07) is 1.24. The molecule has 0 aliphatic carbocycles. The molecule has 19 nitrogen and oxygen atoms in total. The highest BCUT2D eigenvalue weighted by molar-refractivity contribution is 7.61. The summed E-state index contributed by atoms with van der Waals surface area (Å²) < 4.78 is 56.6. The van der Waals surface area contributed by atoms with E-state index in [1.54, 1.807) is 12.2 Å². The number of hydrogen-bond donors (Lipinski definition) is 5. The lowest BCUT2D eigenvalue weighted by Gasteiger charge is -2.21. The highest BCUT2D eigenvalue weighted by atomic mass is 31.3. The Kier molecular flexibility index (Phi) is 33.7. The fourth-order valence-electron chi connectivity index (χ4n) is 7.07. The Morgan fingerprint density at radius 1 is 0.718 bits per heavy atom. The molecule has 0 bridgehead atoms. The SMILES string of the molecule is CCCCCCCC/C=C\C/C=C\C/C=C\CCCC(=O)O[C@H](COC(=O)CCCCCCC/C=C\C=C\C(=O)CCCCC)COP(=O)(O)OP(=O)(O)OC[C@H]1O[C@@H](n2ccc(N)nc2=O)[C@H](O)[C@@H]1O. The van der Waals surface area contributed by atoms with E-state index in [9.17, 15) is 48.3 Å². The lowest BCUT2D eigenvalue weighted by molar-refractivity contribution is -0.161. The van der Waals surface area contributed by atoms with Crippen molar-refractivity contribution in [3.63, 3.8) is 0 Å². The number of rotatable bonds is 41. The summed E-state index contributed by atoms with van der Waals surface area (Å²) in [6.45, 7) is 1.90. The average molecular weight is 1040 g/mol. The number of esters is 2. The van der Waals surface area contributed by atoms with Gasteiger partial charge in [-0.05, 0) is 76.4 Å². The first kappa shape index (κ1) is 63.2. The van der Waals surface area contributed by atoms with Gasteiger partial charge in [-0.15, -0.1) is 0 Å². The van der Waals surface area contributed by atoms with Crippen LogP contribution in [0.25, 0.3) is 0 Å². The number of nitrogens with two attached hydrogens (primary N) is 1. The molecule has 6 N–H and O–H groups in total. The minimum Gasteiger partial charge on any atom is -0.462 e. The number of aromatic nitrogens is 2. The number of phosphoric ester groups is 2. The first-order valence-corrected chi connectivity index (χ1v) is 28.2. The van der Waals surface area contributed by atoms with Gasteiger partial charge in [0.05, 0.1) is 13.2 Å². The third-order valence-electron chi connectivity index (χ3n) is 11.1. The third kappa shape index (κ3) is 30.7. The number of hydrogen-bond acceptors (Lipinski definition) is 16. The Morgan fingerprint density at radius 3 is 1.96 bits per heavy atom. The zero-order valence-corrected chi connectivity index (χ0v) is 43.5. The van der Waals surface area contributed by atoms with Gasteiger partial charge in [-0.1, -0.05) is 133 Å². The summed E-state index contributed by atoms with van der Waals surface area (Å²) in [7, 11) is -10.9. The average Bonchev–Trinajstić information content (AvgIpc) is 3.60. The highest BCUT2D eigenvalue weighted by Crippen LogP contribution is 2.60. The van der Waals surface area contributed by atoms with Crippen LogP contribution in [0.15, 0.2) is 77.8 Å². The number of phosphoric acid groups is 2. The van der Waals surface area contributed by atoms with Gasteiger partial charge < -0.3 is 39.9 Å². The number of ketones is 1. The lowest BCUT2D eigenvalue weighted by Crippen LogP contribution is -2.36. The van der Waals surface area contributed by atoms with Crippen LogP contribution in [0.5, 0.6) is 0 Å². The summed E-state index contributed by atoms with van der Waals surface area (Å²) in [5.41, 5.74) is 4.57. The molecule has 1 fully saturated rings. The number of anilines is 1. The molecule has 71 heavy (non-hydrogen) atoms. The fourth-order valence-corrected chi connectivity index (χ4v) is 9.18. The predicted octanol–water partition coefficient (Wildman–Crippen LogP) is 9.51. The minimum absolute atomic E-state index is 0.0413. The van der Waals surface area contributed by atoms with E-state index in [1.165, 1.54) is 44.6 Å². The van der Waals surface area contributed by atoms with Crippen molar-refractivity contribution in [2.24, 2.45) is 0 Å². The highest BCUT2D eigenvalue weighted by Gasteiger charge is 2.46. The van der Waals surface area contributed by atoms with Crippen molar-refractivity contribution in [2.45, 2.75) is 192 Å². The molecule has 7 atom stereocenters. The van der Waals surface area contributed by atoms with Crippen molar-refractivity contribution in [3.8, 4) is 0 Å². The fraction of sp³-hybridized carbons (Fsp3) is 0.660. The molecule has 0 aromatic carbocycles. The van der Waals surface area contributed by atoms with Crippen LogP contribution in [0.3, 0.4) is 0 Å². The normalized spacial score (nSPS) is 19.6. The van der Waals surface area contributed by atoms with Gasteiger partial charge in [-0.3, -0.25) is 28.0 Å². The van der Waals surface area contributed by atoms with Crippen LogP contribution in [-0.2, 0) is 51.1 Å². The van der Waals surface area contributed by atoms with Crippen molar-refractivity contribution >= 4 is 39.2 Å². The number of ether oxygens (including phenoxy) is 3. The standard InChI is InChI=1S/C50H81N3O16P2/c1-3-5-7-8-9-10-11-12-13-14-15-16-17-20-24-27-31-35-46(56)67-42(38-64-45(55)34-30-26-23-21-18-19-22-25-29-33-41(54)32-28-6-4-2)39-65-70(60,61)69-71(62,63)66-40-43-47(57)48(58)49(68-43)53-37-36-44(51)52-50(53)59/h12-13,15-16,20,22,24-25,29,33,36-37,42-43,47-49,57-58H,3-11,14,17-19,21,23,26-28,30-32,34-35,38-40H2,1-2H3,(H,60,61)(H,62,63)(H2,51,52,59)/b13-12-,16-15-,24-20-,25-22-,33-29+/t42-,43-,47-,48-,49-/m1/s1. The molecule has 0 amide bonds. The second-order valence-corrected chi connectivity index (χ2v) is 20.4. The molecule has 2 rings (SSSR count). The van der Waals surface area contributed by atoms with Crippen LogP contribution in [0.2, 0.25) is 0 Å². The Hall–Kier alpha value is -3.87. The molecule has 1 aliphatic rings. The molecule has 402 valence electrons. The number of aliphatic hydroxyl groups excluding tert-OH is 2. The number of nitrogen functional groups attached to an aromatic ring is 1. The maximum Gasteiger partial charge on any atom is 0.481 e. The summed E-state index contributed by atoms with van der Waals surface area (Å²) >= 11 is 0. The number of carbonyl (C=O) groups excluding carboxylic acids is 3. The van der Waals surface area contributed by atoms with E-state index in [4.69, 9.17) is 29.0 Å². The van der Waals surface area contributed by atoms with E-state index >= 15 is 0 Å². The molecular weight excluding hydrogens is 961 g/mol. The maximum atomic E-state index is 12.8. The van der Waals surface area contributed by atoms with Crippen LogP contribution in [0, 0.1) is 0 Å². The smallest absolute Gasteiger partial charge is 0.462 e. The van der Waals surface area contributed by atoms with Gasteiger partial charge in [-0.2, -0.15) is 9.29 Å². The Labute approximate surface area is 419 Å². The maximum absolute atomic E-state index is 12.8. The summed E-state index contributed by atoms with van der Waals surface area (Å²) in [5, 5.41) is 20.9. The van der Waals surface area contributed by atoms with E-state index in [1.807, 2.05) is 24.3 Å². The monoisotopic (exact) mass is 1040 g/mol. The van der Waals surface area contributed by atoms with E-state index in [0.29, 0.717) is 25.7 Å². The predicted molar refractivity (Wildman–Crippen MR) is 271 cm³/mol. The topological polar surface area (TPSA) is 283 Å². The van der Waals surface area contributed by atoms with Gasteiger partial charge in [0.25, 0.3) is 0 Å². The van der Waals surface area contributed by atoms with Crippen LogP contribution in [-0.4, -0.2) is 91.5 Å². The molecule has 1 aliphatic heterocycles. The van der Waals surface area contributed by atoms with Gasteiger partial charge in [0, 0.05) is 25.5 Å². The number of allylic oxidation sites excluding steroid dienone is 10. The second-order valence-electron chi connectivity index (χ2n) is 17.3. The largest absolute Gasteiger partial charge is 0.481 e. The van der Waals surface area contributed by atoms with Gasteiger partial charge in [0.2, 0.25) is 0 Å². The molecule has 1 aromatic heterocycles. The molecule has 2 unspecified atom stereocenters. The first-order chi connectivity index (χ1) is 34.1. The second kappa shape index (κ2) is 37.8. The first-order valence-electron chi connectivity index (χ1n) is 25.3. The van der Waals surface area contributed by atoms with E-state index < -0.39 is 83.7 Å². The number of nitrogens with zero attached hydrogens (tertiary/aromatic N) is 2. The zero-order chi connectivity index (χ0) is 52.2. The molecule has 21 heteroatoms. The Bertz CT molecular complexity index is 1990. The summed E-state index contributed by atoms with van der Waals surface area (Å²) in [4.78, 5) is 73.7. The Balaban J connectivity index is 1.85. The summed E-state index contributed by atoms with van der Waals surface area (Å²) in [5.74, 6) is -1.30. The van der Waals surface area contributed by atoms with Crippen molar-refractivity contribution in [2.75, 3.05) is 25.6 Å². The van der Waals surface area contributed by atoms with Crippen molar-refractivity contribution in [3.05, 3.63) is 83.5 Å². The van der Waals surface area contributed by atoms with Crippen molar-refractivity contribution < 1.29 is 71.1 Å². The molecule has 0 spiro atoms. The number of carbonyl (C=O) groups is 3. The van der Waals surface area contributed by atoms with Crippen molar-refractivity contribution in [1.82, 2.24) is 9.55 Å². The quantitative estimate of drug-likeness (QED) is 0.0102. The molecule has 1 saturated heterocycles. The number of aliphatic hydroxyl groups is 2.